The van der Waals surface area contributed by atoms with Gasteiger partial charge in [-0.05, 0) is 25.2 Å². The number of carbonyl (C=O) groups excluding carboxylic acids is 1. The molecule has 0 spiro atoms. The van der Waals surface area contributed by atoms with Crippen LogP contribution < -0.4 is 0 Å². The highest BCUT2D eigenvalue weighted by molar-refractivity contribution is 5.70. The van der Waals surface area contributed by atoms with Crippen molar-refractivity contribution in [2.45, 2.75) is 38.7 Å². The molecule has 1 saturated carbocycles. The molecule has 0 saturated heterocycles. The zero-order valence-electron chi connectivity index (χ0n) is 10.2. The minimum absolute atomic E-state index is 0.0360. The molecule has 0 aromatic rings. The molecule has 16 heavy (non-hydrogen) atoms. The number of carbonyl (C=O) groups is 1. The molecule has 0 amide bonds. The van der Waals surface area contributed by atoms with Crippen molar-refractivity contribution in [3.8, 4) is 0 Å². The molecule has 94 valence electrons. The van der Waals surface area contributed by atoms with Gasteiger partial charge in [-0.15, -0.1) is 0 Å². The standard InChI is InChI=1S/C12H22O4/c1-10-4-3-5-11(8-10)16-12(13)9-15-7-6-14-2/h10-11H,3-9H2,1-2H3. The van der Waals surface area contributed by atoms with Crippen molar-refractivity contribution in [3.63, 3.8) is 0 Å². The fourth-order valence-corrected chi connectivity index (χ4v) is 2.00. The first kappa shape index (κ1) is 13.5. The second kappa shape index (κ2) is 7.63. The van der Waals surface area contributed by atoms with E-state index in [9.17, 15) is 4.79 Å². The second-order valence-electron chi connectivity index (χ2n) is 4.43. The Morgan fingerprint density at radius 2 is 2.12 bits per heavy atom. The first-order valence-electron chi connectivity index (χ1n) is 5.98. The van der Waals surface area contributed by atoms with Gasteiger partial charge in [0.25, 0.3) is 0 Å². The Bertz CT molecular complexity index is 205. The third kappa shape index (κ3) is 5.47. The second-order valence-corrected chi connectivity index (χ2v) is 4.43. The van der Waals surface area contributed by atoms with Crippen LogP contribution in [0.1, 0.15) is 32.6 Å². The number of methoxy groups -OCH3 is 1. The van der Waals surface area contributed by atoms with Crippen LogP contribution in [0.2, 0.25) is 0 Å². The molecule has 0 aromatic heterocycles. The molecule has 0 radical (unpaired) electrons. The third-order valence-electron chi connectivity index (χ3n) is 2.84. The SMILES string of the molecule is COCCOCC(=O)OC1CCCC(C)C1. The molecule has 2 unspecified atom stereocenters. The van der Waals surface area contributed by atoms with Crippen LogP contribution in [0.4, 0.5) is 0 Å². The molecule has 1 aliphatic carbocycles. The Hall–Kier alpha value is -0.610. The zero-order chi connectivity index (χ0) is 11.8. The maximum Gasteiger partial charge on any atom is 0.332 e. The molecule has 0 bridgehead atoms. The third-order valence-corrected chi connectivity index (χ3v) is 2.84. The van der Waals surface area contributed by atoms with Crippen LogP contribution in [0.15, 0.2) is 0 Å². The van der Waals surface area contributed by atoms with Gasteiger partial charge in [-0.1, -0.05) is 13.3 Å². The molecule has 1 fully saturated rings. The average Bonchev–Trinajstić information content (AvgIpc) is 2.24. The molecule has 1 aliphatic rings. The highest BCUT2D eigenvalue weighted by Gasteiger charge is 2.21. The predicted octanol–water partition coefficient (Wildman–Crippen LogP) is 1.77. The highest BCUT2D eigenvalue weighted by Crippen LogP contribution is 2.25. The quantitative estimate of drug-likeness (QED) is 0.515. The summed E-state index contributed by atoms with van der Waals surface area (Å²) in [6.45, 7) is 3.18. The molecular formula is C12H22O4. The van der Waals surface area contributed by atoms with E-state index in [1.165, 1.54) is 6.42 Å². The van der Waals surface area contributed by atoms with Crippen LogP contribution in [0, 0.1) is 5.92 Å². The van der Waals surface area contributed by atoms with E-state index in [-0.39, 0.29) is 18.7 Å². The number of ether oxygens (including phenoxy) is 3. The van der Waals surface area contributed by atoms with Crippen molar-refractivity contribution >= 4 is 5.97 Å². The van der Waals surface area contributed by atoms with E-state index < -0.39 is 0 Å². The first-order valence-corrected chi connectivity index (χ1v) is 5.98. The van der Waals surface area contributed by atoms with Gasteiger partial charge in [0, 0.05) is 7.11 Å². The maximum absolute atomic E-state index is 11.4. The largest absolute Gasteiger partial charge is 0.461 e. The van der Waals surface area contributed by atoms with E-state index in [0.29, 0.717) is 19.1 Å². The predicted molar refractivity (Wildman–Crippen MR) is 60.2 cm³/mol. The van der Waals surface area contributed by atoms with Gasteiger partial charge in [0.2, 0.25) is 0 Å². The Morgan fingerprint density at radius 1 is 1.31 bits per heavy atom. The van der Waals surface area contributed by atoms with Gasteiger partial charge in [0.15, 0.2) is 0 Å². The van der Waals surface area contributed by atoms with E-state index in [1.54, 1.807) is 7.11 Å². The van der Waals surface area contributed by atoms with E-state index in [2.05, 4.69) is 6.92 Å². The summed E-state index contributed by atoms with van der Waals surface area (Å²) in [5, 5.41) is 0. The number of hydrogen-bond acceptors (Lipinski definition) is 4. The maximum atomic E-state index is 11.4. The molecule has 4 nitrogen and oxygen atoms in total. The summed E-state index contributed by atoms with van der Waals surface area (Å²) in [4.78, 5) is 11.4. The van der Waals surface area contributed by atoms with Crippen LogP contribution in [-0.2, 0) is 19.0 Å². The van der Waals surface area contributed by atoms with E-state index in [4.69, 9.17) is 14.2 Å². The van der Waals surface area contributed by atoms with Crippen molar-refractivity contribution in [2.24, 2.45) is 5.92 Å². The van der Waals surface area contributed by atoms with Gasteiger partial charge < -0.3 is 14.2 Å². The van der Waals surface area contributed by atoms with E-state index >= 15 is 0 Å². The summed E-state index contributed by atoms with van der Waals surface area (Å²) < 4.78 is 15.3. The highest BCUT2D eigenvalue weighted by atomic mass is 16.6. The normalized spacial score (nSPS) is 25.4. The Morgan fingerprint density at radius 3 is 2.81 bits per heavy atom. The summed E-state index contributed by atoms with van der Waals surface area (Å²) in [7, 11) is 1.60. The van der Waals surface area contributed by atoms with Gasteiger partial charge in [-0.3, -0.25) is 0 Å². The molecule has 4 heteroatoms. The number of esters is 1. The zero-order valence-corrected chi connectivity index (χ0v) is 10.2. The molecule has 2 atom stereocenters. The lowest BCUT2D eigenvalue weighted by molar-refractivity contribution is -0.156. The minimum Gasteiger partial charge on any atom is -0.461 e. The van der Waals surface area contributed by atoms with Gasteiger partial charge in [0.05, 0.1) is 13.2 Å². The fourth-order valence-electron chi connectivity index (χ4n) is 2.00. The minimum atomic E-state index is -0.254. The number of rotatable bonds is 6. The summed E-state index contributed by atoms with van der Waals surface area (Å²) in [5.74, 6) is 0.413. The Balaban J connectivity index is 2.08. The molecule has 0 aliphatic heterocycles. The Kier molecular flexibility index (Phi) is 6.42. The van der Waals surface area contributed by atoms with Gasteiger partial charge in [-0.2, -0.15) is 0 Å². The van der Waals surface area contributed by atoms with Crippen molar-refractivity contribution < 1.29 is 19.0 Å². The van der Waals surface area contributed by atoms with Crippen LogP contribution in [0.25, 0.3) is 0 Å². The lowest BCUT2D eigenvalue weighted by Gasteiger charge is -2.26. The van der Waals surface area contributed by atoms with E-state index in [0.717, 1.165) is 19.3 Å². The average molecular weight is 230 g/mol. The van der Waals surface area contributed by atoms with Crippen LogP contribution in [-0.4, -0.2) is 39.0 Å². The number of hydrogen-bond donors (Lipinski definition) is 0. The molecule has 1 rings (SSSR count). The van der Waals surface area contributed by atoms with Crippen LogP contribution >= 0.6 is 0 Å². The summed E-state index contributed by atoms with van der Waals surface area (Å²) in [6.07, 6.45) is 4.49. The first-order chi connectivity index (χ1) is 7.72. The van der Waals surface area contributed by atoms with E-state index in [1.807, 2.05) is 0 Å². The lowest BCUT2D eigenvalue weighted by atomic mass is 9.89. The van der Waals surface area contributed by atoms with Crippen molar-refractivity contribution in [1.82, 2.24) is 0 Å². The van der Waals surface area contributed by atoms with Gasteiger partial charge in [-0.25, -0.2) is 4.79 Å². The molecule has 0 aromatic carbocycles. The Labute approximate surface area is 97.2 Å². The van der Waals surface area contributed by atoms with Crippen molar-refractivity contribution in [3.05, 3.63) is 0 Å². The summed E-state index contributed by atoms with van der Waals surface area (Å²) in [5.41, 5.74) is 0. The van der Waals surface area contributed by atoms with Gasteiger partial charge >= 0.3 is 5.97 Å². The van der Waals surface area contributed by atoms with Crippen molar-refractivity contribution in [1.29, 1.82) is 0 Å². The monoisotopic (exact) mass is 230 g/mol. The molecule has 0 N–H and O–H groups in total. The van der Waals surface area contributed by atoms with Crippen molar-refractivity contribution in [2.75, 3.05) is 26.9 Å². The van der Waals surface area contributed by atoms with Crippen LogP contribution in [0.3, 0.4) is 0 Å². The topological polar surface area (TPSA) is 44.8 Å². The van der Waals surface area contributed by atoms with Crippen LogP contribution in [0.5, 0.6) is 0 Å². The van der Waals surface area contributed by atoms with Gasteiger partial charge in [0.1, 0.15) is 12.7 Å². The smallest absolute Gasteiger partial charge is 0.332 e. The molecular weight excluding hydrogens is 208 g/mol. The fraction of sp³-hybridized carbons (Fsp3) is 0.917. The summed E-state index contributed by atoms with van der Waals surface area (Å²) >= 11 is 0. The summed E-state index contributed by atoms with van der Waals surface area (Å²) in [6, 6.07) is 0. The lowest BCUT2D eigenvalue weighted by Crippen LogP contribution is -2.26. The molecule has 0 heterocycles.